The molecular weight excluding hydrogens is 220 g/mol. The molecule has 0 aromatic rings. The van der Waals surface area contributed by atoms with E-state index in [4.69, 9.17) is 0 Å². The van der Waals surface area contributed by atoms with Gasteiger partial charge in [-0.1, -0.05) is 27.0 Å². The molecule has 104 valence electrons. The normalized spacial score (nSPS) is 19.9. The fraction of sp³-hybridized carbons (Fsp3) is 0.750. The Kier molecular flexibility index (Phi) is 5.77. The Hall–Kier alpha value is -0.920. The number of allylic oxidation sites excluding steroid dienone is 2. The highest BCUT2D eigenvalue weighted by atomic mass is 15.2. The molecule has 1 saturated heterocycles. The molecule has 1 aliphatic carbocycles. The van der Waals surface area contributed by atoms with E-state index in [1.54, 1.807) is 0 Å². The van der Waals surface area contributed by atoms with E-state index in [9.17, 15) is 0 Å². The number of piperidine rings is 1. The van der Waals surface area contributed by atoms with Crippen LogP contribution in [0.3, 0.4) is 0 Å². The van der Waals surface area contributed by atoms with Gasteiger partial charge in [-0.2, -0.15) is 0 Å². The van der Waals surface area contributed by atoms with Gasteiger partial charge in [0.2, 0.25) is 0 Å². The van der Waals surface area contributed by atoms with Gasteiger partial charge in [0.25, 0.3) is 0 Å². The van der Waals surface area contributed by atoms with Crippen LogP contribution in [0.2, 0.25) is 0 Å². The fourth-order valence-electron chi connectivity index (χ4n) is 2.80. The van der Waals surface area contributed by atoms with Crippen molar-refractivity contribution in [3.8, 4) is 0 Å². The molecule has 0 bridgehead atoms. The van der Waals surface area contributed by atoms with Crippen molar-refractivity contribution < 1.29 is 0 Å². The van der Waals surface area contributed by atoms with E-state index in [1.165, 1.54) is 37.1 Å². The van der Waals surface area contributed by atoms with Crippen molar-refractivity contribution in [2.24, 2.45) is 0 Å². The van der Waals surface area contributed by atoms with Crippen molar-refractivity contribution in [3.05, 3.63) is 24.6 Å². The summed E-state index contributed by atoms with van der Waals surface area (Å²) in [4.78, 5) is 4.98. The predicted octanol–water partition coefficient (Wildman–Crippen LogP) is 4.01. The van der Waals surface area contributed by atoms with E-state index in [2.05, 4.69) is 36.8 Å². The molecule has 2 nitrogen and oxygen atoms in total. The van der Waals surface area contributed by atoms with Crippen molar-refractivity contribution in [1.29, 1.82) is 0 Å². The molecular formula is C16H30N2. The van der Waals surface area contributed by atoms with Gasteiger partial charge in [0.1, 0.15) is 0 Å². The summed E-state index contributed by atoms with van der Waals surface area (Å²) in [6.45, 7) is 18.8. The van der Waals surface area contributed by atoms with Gasteiger partial charge in [-0.15, -0.1) is 0 Å². The zero-order valence-electron chi connectivity index (χ0n) is 12.7. The number of rotatable bonds is 4. The highest BCUT2D eigenvalue weighted by Crippen LogP contribution is 2.34. The molecule has 2 aliphatic rings. The SMILES string of the molecule is C=C(C)N1CCC(N(C(=C)C)C2CC2)CC1.CC. The Bertz CT molecular complexity index is 283. The van der Waals surface area contributed by atoms with Crippen molar-refractivity contribution >= 4 is 0 Å². The predicted molar refractivity (Wildman–Crippen MR) is 80.4 cm³/mol. The van der Waals surface area contributed by atoms with Crippen molar-refractivity contribution in [2.75, 3.05) is 13.1 Å². The third-order valence-corrected chi connectivity index (χ3v) is 3.78. The first-order valence-corrected chi connectivity index (χ1v) is 7.44. The number of hydrogen-bond donors (Lipinski definition) is 0. The first kappa shape index (κ1) is 15.1. The molecule has 18 heavy (non-hydrogen) atoms. The molecule has 0 atom stereocenters. The van der Waals surface area contributed by atoms with Gasteiger partial charge in [-0.05, 0) is 39.5 Å². The Morgan fingerprint density at radius 1 is 0.944 bits per heavy atom. The zero-order valence-corrected chi connectivity index (χ0v) is 12.7. The number of likely N-dealkylation sites (tertiary alicyclic amines) is 1. The second-order valence-electron chi connectivity index (χ2n) is 5.33. The lowest BCUT2D eigenvalue weighted by atomic mass is 10.0. The number of hydrogen-bond acceptors (Lipinski definition) is 2. The second-order valence-corrected chi connectivity index (χ2v) is 5.33. The van der Waals surface area contributed by atoms with Crippen LogP contribution in [0.4, 0.5) is 0 Å². The van der Waals surface area contributed by atoms with Crippen LogP contribution in [-0.2, 0) is 0 Å². The van der Waals surface area contributed by atoms with Crippen LogP contribution in [0.1, 0.15) is 53.4 Å². The maximum absolute atomic E-state index is 4.14. The molecule has 0 aromatic carbocycles. The topological polar surface area (TPSA) is 6.48 Å². The summed E-state index contributed by atoms with van der Waals surface area (Å²) in [5.41, 5.74) is 2.48. The minimum Gasteiger partial charge on any atom is -0.375 e. The quantitative estimate of drug-likeness (QED) is 0.744. The van der Waals surface area contributed by atoms with Crippen LogP contribution in [-0.4, -0.2) is 35.0 Å². The third-order valence-electron chi connectivity index (χ3n) is 3.78. The highest BCUT2D eigenvalue weighted by molar-refractivity contribution is 5.04. The average Bonchev–Trinajstić information content (AvgIpc) is 3.16. The second kappa shape index (κ2) is 6.86. The van der Waals surface area contributed by atoms with Gasteiger partial charge in [-0.3, -0.25) is 0 Å². The van der Waals surface area contributed by atoms with Crippen LogP contribution in [0.15, 0.2) is 24.6 Å². The summed E-state index contributed by atoms with van der Waals surface area (Å²) in [7, 11) is 0. The van der Waals surface area contributed by atoms with E-state index in [1.807, 2.05) is 13.8 Å². The van der Waals surface area contributed by atoms with Crippen LogP contribution in [0.25, 0.3) is 0 Å². The lowest BCUT2D eigenvalue weighted by Crippen LogP contribution is -2.44. The Morgan fingerprint density at radius 2 is 1.39 bits per heavy atom. The molecule has 0 spiro atoms. The smallest absolute Gasteiger partial charge is 0.0323 e. The maximum atomic E-state index is 4.14. The van der Waals surface area contributed by atoms with E-state index in [-0.39, 0.29) is 0 Å². The standard InChI is InChI=1S/C14H24N2.C2H6/c1-11(2)15-9-7-14(8-10-15)16(12(3)4)13-5-6-13;1-2/h13-14H,1,3,5-10H2,2,4H3;1-2H3. The van der Waals surface area contributed by atoms with Gasteiger partial charge in [-0.25, -0.2) is 0 Å². The lowest BCUT2D eigenvalue weighted by molar-refractivity contribution is 0.149. The first-order valence-electron chi connectivity index (χ1n) is 7.44. The zero-order chi connectivity index (χ0) is 13.7. The summed E-state index contributed by atoms with van der Waals surface area (Å²) < 4.78 is 0. The summed E-state index contributed by atoms with van der Waals surface area (Å²) in [5, 5.41) is 0. The third kappa shape index (κ3) is 3.79. The molecule has 1 aliphatic heterocycles. The minimum atomic E-state index is 0.723. The first-order chi connectivity index (χ1) is 8.59. The summed E-state index contributed by atoms with van der Waals surface area (Å²) >= 11 is 0. The molecule has 2 heteroatoms. The van der Waals surface area contributed by atoms with Crippen LogP contribution >= 0.6 is 0 Å². The molecule has 1 saturated carbocycles. The molecule has 0 aromatic heterocycles. The number of nitrogens with zero attached hydrogens (tertiary/aromatic N) is 2. The van der Waals surface area contributed by atoms with E-state index >= 15 is 0 Å². The average molecular weight is 250 g/mol. The molecule has 0 radical (unpaired) electrons. The van der Waals surface area contributed by atoms with Crippen molar-refractivity contribution in [3.63, 3.8) is 0 Å². The van der Waals surface area contributed by atoms with Gasteiger partial charge in [0.15, 0.2) is 0 Å². The summed E-state index contributed by atoms with van der Waals surface area (Å²) in [5.74, 6) is 0. The van der Waals surface area contributed by atoms with Gasteiger partial charge in [0.05, 0.1) is 0 Å². The Labute approximate surface area is 113 Å². The van der Waals surface area contributed by atoms with Crippen molar-refractivity contribution in [1.82, 2.24) is 9.80 Å². The minimum absolute atomic E-state index is 0.723. The molecule has 0 N–H and O–H groups in total. The van der Waals surface area contributed by atoms with Crippen LogP contribution in [0.5, 0.6) is 0 Å². The highest BCUT2D eigenvalue weighted by Gasteiger charge is 2.34. The van der Waals surface area contributed by atoms with Gasteiger partial charge in [0, 0.05) is 36.6 Å². The largest absolute Gasteiger partial charge is 0.375 e. The monoisotopic (exact) mass is 250 g/mol. The fourth-order valence-corrected chi connectivity index (χ4v) is 2.80. The summed E-state index contributed by atoms with van der Waals surface area (Å²) in [6, 6.07) is 1.53. The maximum Gasteiger partial charge on any atom is 0.0323 e. The summed E-state index contributed by atoms with van der Waals surface area (Å²) in [6.07, 6.45) is 5.26. The molecule has 0 amide bonds. The van der Waals surface area contributed by atoms with Crippen LogP contribution < -0.4 is 0 Å². The van der Waals surface area contributed by atoms with E-state index < -0.39 is 0 Å². The van der Waals surface area contributed by atoms with Crippen LogP contribution in [0, 0.1) is 0 Å². The van der Waals surface area contributed by atoms with Gasteiger partial charge < -0.3 is 9.80 Å². The van der Waals surface area contributed by atoms with Gasteiger partial charge >= 0.3 is 0 Å². The van der Waals surface area contributed by atoms with E-state index in [0.717, 1.165) is 25.2 Å². The van der Waals surface area contributed by atoms with E-state index in [0.29, 0.717) is 0 Å². The lowest BCUT2D eigenvalue weighted by Gasteiger charge is -2.41. The molecule has 0 unspecified atom stereocenters. The van der Waals surface area contributed by atoms with Crippen molar-refractivity contribution in [2.45, 2.75) is 65.5 Å². The Morgan fingerprint density at radius 3 is 1.72 bits per heavy atom. The molecule has 2 rings (SSSR count). The molecule has 1 heterocycles. The molecule has 2 fully saturated rings. The Balaban J connectivity index is 0.000000771.